The van der Waals surface area contributed by atoms with Crippen molar-refractivity contribution in [2.75, 3.05) is 0 Å². The van der Waals surface area contributed by atoms with E-state index in [1.807, 2.05) is 47.0 Å². The first-order valence-corrected chi connectivity index (χ1v) is 7.33. The van der Waals surface area contributed by atoms with Gasteiger partial charge >= 0.3 is 6.03 Å². The summed E-state index contributed by atoms with van der Waals surface area (Å²) in [6.07, 6.45) is 3.56. The average molecular weight is 310 g/mol. The largest absolute Gasteiger partial charge is 0.350 e. The Hall–Kier alpha value is -2.86. The molecule has 118 valence electrons. The third kappa shape index (κ3) is 2.89. The van der Waals surface area contributed by atoms with Gasteiger partial charge in [-0.25, -0.2) is 4.79 Å². The first-order chi connectivity index (χ1) is 11.1. The van der Waals surface area contributed by atoms with Gasteiger partial charge in [0, 0.05) is 24.5 Å². The molecule has 1 aromatic carbocycles. The van der Waals surface area contributed by atoms with Crippen molar-refractivity contribution >= 4 is 16.9 Å². The second-order valence-corrected chi connectivity index (χ2v) is 5.42. The fourth-order valence-corrected chi connectivity index (χ4v) is 2.82. The Bertz CT molecular complexity index is 829. The standard InChI is InChI=1S/C17H18N4O2/c1-12(21(23)17(18)22)20-15(9-13-5-4-8-19-11-13)10-14-6-2-3-7-16(14)20/h2-8,10-12,23H,9H2,1H3,(H2,18,22). The van der Waals surface area contributed by atoms with Crippen LogP contribution in [0.1, 0.15) is 24.3 Å². The lowest BCUT2D eigenvalue weighted by molar-refractivity contribution is -0.0923. The molecule has 0 aliphatic heterocycles. The number of nitrogens with two attached hydrogens (primary N) is 1. The van der Waals surface area contributed by atoms with E-state index in [9.17, 15) is 10.0 Å². The molecule has 1 unspecified atom stereocenters. The van der Waals surface area contributed by atoms with E-state index in [-0.39, 0.29) is 0 Å². The summed E-state index contributed by atoms with van der Waals surface area (Å²) in [6, 6.07) is 12.9. The third-order valence-corrected chi connectivity index (χ3v) is 3.89. The third-order valence-electron chi connectivity index (χ3n) is 3.89. The summed E-state index contributed by atoms with van der Waals surface area (Å²) in [5.74, 6) is 0. The molecule has 0 saturated heterocycles. The Labute approximate surface area is 133 Å². The predicted molar refractivity (Wildman–Crippen MR) is 86.9 cm³/mol. The molecule has 6 heteroatoms. The molecule has 0 saturated carbocycles. The number of rotatable bonds is 4. The number of benzene rings is 1. The number of fused-ring (bicyclic) bond motifs is 1. The molecular formula is C17H18N4O2. The van der Waals surface area contributed by atoms with Crippen LogP contribution in [-0.2, 0) is 6.42 Å². The molecule has 0 radical (unpaired) electrons. The summed E-state index contributed by atoms with van der Waals surface area (Å²) in [7, 11) is 0. The van der Waals surface area contributed by atoms with Crippen molar-refractivity contribution in [3.63, 3.8) is 0 Å². The highest BCUT2D eigenvalue weighted by atomic mass is 16.5. The molecule has 2 amide bonds. The number of hydrogen-bond donors (Lipinski definition) is 2. The van der Waals surface area contributed by atoms with Crippen LogP contribution in [0.15, 0.2) is 54.9 Å². The quantitative estimate of drug-likeness (QED) is 0.574. The van der Waals surface area contributed by atoms with Crippen molar-refractivity contribution in [2.24, 2.45) is 5.73 Å². The van der Waals surface area contributed by atoms with Crippen LogP contribution in [0.5, 0.6) is 0 Å². The van der Waals surface area contributed by atoms with Gasteiger partial charge in [-0.2, -0.15) is 5.06 Å². The number of primary amides is 1. The smallest absolute Gasteiger partial charge is 0.340 e. The van der Waals surface area contributed by atoms with Crippen LogP contribution >= 0.6 is 0 Å². The van der Waals surface area contributed by atoms with Crippen LogP contribution in [0, 0.1) is 0 Å². The summed E-state index contributed by atoms with van der Waals surface area (Å²) >= 11 is 0. The van der Waals surface area contributed by atoms with Crippen LogP contribution in [0.25, 0.3) is 10.9 Å². The molecule has 6 nitrogen and oxygen atoms in total. The zero-order chi connectivity index (χ0) is 16.4. The SMILES string of the molecule is CC(N(O)C(N)=O)n1c(Cc2cccnc2)cc2ccccc21. The van der Waals surface area contributed by atoms with E-state index in [1.165, 1.54) is 0 Å². The van der Waals surface area contributed by atoms with Gasteiger partial charge in [0.1, 0.15) is 6.17 Å². The zero-order valence-corrected chi connectivity index (χ0v) is 12.8. The van der Waals surface area contributed by atoms with E-state index in [0.717, 1.165) is 22.2 Å². The fourth-order valence-electron chi connectivity index (χ4n) is 2.82. The molecule has 1 atom stereocenters. The molecule has 3 rings (SSSR count). The molecule has 0 fully saturated rings. The number of carbonyl (C=O) groups excluding carboxylic acids is 1. The minimum absolute atomic E-state index is 0.541. The van der Waals surface area contributed by atoms with Gasteiger partial charge in [-0.3, -0.25) is 10.2 Å². The Morgan fingerprint density at radius 3 is 2.83 bits per heavy atom. The van der Waals surface area contributed by atoms with Crippen LogP contribution < -0.4 is 5.73 Å². The van der Waals surface area contributed by atoms with Crippen LogP contribution in [0.4, 0.5) is 4.79 Å². The lowest BCUT2D eigenvalue weighted by Gasteiger charge is -2.25. The first kappa shape index (κ1) is 15.1. The molecule has 23 heavy (non-hydrogen) atoms. The van der Waals surface area contributed by atoms with Crippen LogP contribution in [-0.4, -0.2) is 25.9 Å². The number of amides is 2. The van der Waals surface area contributed by atoms with Crippen molar-refractivity contribution < 1.29 is 10.0 Å². The monoisotopic (exact) mass is 310 g/mol. The van der Waals surface area contributed by atoms with Gasteiger partial charge < -0.3 is 10.3 Å². The molecule has 0 spiro atoms. The fraction of sp³-hybridized carbons (Fsp3) is 0.176. The number of nitrogens with zero attached hydrogens (tertiary/aromatic N) is 3. The van der Waals surface area contributed by atoms with E-state index in [4.69, 9.17) is 5.73 Å². The van der Waals surface area contributed by atoms with Gasteiger partial charge in [0.2, 0.25) is 0 Å². The number of para-hydroxylation sites is 1. The van der Waals surface area contributed by atoms with Gasteiger partial charge in [-0.05, 0) is 36.1 Å². The van der Waals surface area contributed by atoms with Crippen LogP contribution in [0.3, 0.4) is 0 Å². The molecule has 2 aromatic heterocycles. The highest BCUT2D eigenvalue weighted by Gasteiger charge is 2.21. The Balaban J connectivity index is 2.09. The minimum atomic E-state index is -0.886. The molecule has 0 aliphatic rings. The lowest BCUT2D eigenvalue weighted by atomic mass is 10.1. The maximum Gasteiger partial charge on any atom is 0.340 e. The van der Waals surface area contributed by atoms with Gasteiger partial charge in [-0.15, -0.1) is 0 Å². The van der Waals surface area contributed by atoms with Gasteiger partial charge in [0.25, 0.3) is 0 Å². The second-order valence-electron chi connectivity index (χ2n) is 5.42. The number of aromatic nitrogens is 2. The second kappa shape index (κ2) is 6.10. The molecule has 2 heterocycles. The Morgan fingerprint density at radius 1 is 1.35 bits per heavy atom. The highest BCUT2D eigenvalue weighted by Crippen LogP contribution is 2.27. The van der Waals surface area contributed by atoms with Gasteiger partial charge in [0.15, 0.2) is 0 Å². The number of pyridine rings is 1. The molecule has 3 N–H and O–H groups in total. The Morgan fingerprint density at radius 2 is 2.13 bits per heavy atom. The topological polar surface area (TPSA) is 84.4 Å². The maximum atomic E-state index is 11.3. The van der Waals surface area contributed by atoms with Gasteiger partial charge in [0.05, 0.1) is 5.52 Å². The maximum absolute atomic E-state index is 11.3. The summed E-state index contributed by atoms with van der Waals surface area (Å²) in [5, 5.41) is 11.5. The minimum Gasteiger partial charge on any atom is -0.350 e. The molecule has 3 aromatic rings. The summed E-state index contributed by atoms with van der Waals surface area (Å²) < 4.78 is 1.91. The lowest BCUT2D eigenvalue weighted by Crippen LogP contribution is -2.37. The van der Waals surface area contributed by atoms with Crippen molar-refractivity contribution in [1.82, 2.24) is 14.6 Å². The Kier molecular flexibility index (Phi) is 3.99. The summed E-state index contributed by atoms with van der Waals surface area (Å²) in [6.45, 7) is 1.73. The number of hydrogen-bond acceptors (Lipinski definition) is 3. The average Bonchev–Trinajstić information content (AvgIpc) is 2.92. The molecular weight excluding hydrogens is 292 g/mol. The highest BCUT2D eigenvalue weighted by molar-refractivity contribution is 5.82. The summed E-state index contributed by atoms with van der Waals surface area (Å²) in [4.78, 5) is 15.4. The number of carbonyl (C=O) groups is 1. The van der Waals surface area contributed by atoms with E-state index in [2.05, 4.69) is 4.98 Å². The van der Waals surface area contributed by atoms with E-state index < -0.39 is 12.2 Å². The normalized spacial score (nSPS) is 12.3. The molecule has 0 bridgehead atoms. The van der Waals surface area contributed by atoms with E-state index in [1.54, 1.807) is 19.3 Å². The van der Waals surface area contributed by atoms with Crippen molar-refractivity contribution in [2.45, 2.75) is 19.5 Å². The summed E-state index contributed by atoms with van der Waals surface area (Å²) in [5.41, 5.74) is 8.15. The van der Waals surface area contributed by atoms with E-state index >= 15 is 0 Å². The van der Waals surface area contributed by atoms with Crippen molar-refractivity contribution in [3.05, 3.63) is 66.1 Å². The van der Waals surface area contributed by atoms with Crippen molar-refractivity contribution in [1.29, 1.82) is 0 Å². The van der Waals surface area contributed by atoms with Crippen LogP contribution in [0.2, 0.25) is 0 Å². The zero-order valence-electron chi connectivity index (χ0n) is 12.8. The van der Waals surface area contributed by atoms with E-state index in [0.29, 0.717) is 11.5 Å². The predicted octanol–water partition coefficient (Wildman–Crippen LogP) is 2.92. The van der Waals surface area contributed by atoms with Crippen molar-refractivity contribution in [3.8, 4) is 0 Å². The molecule has 0 aliphatic carbocycles. The number of hydroxylamine groups is 2. The number of urea groups is 1. The first-order valence-electron chi connectivity index (χ1n) is 7.33. The van der Waals surface area contributed by atoms with Gasteiger partial charge in [-0.1, -0.05) is 24.3 Å².